The Morgan fingerprint density at radius 3 is 2.82 bits per heavy atom. The van der Waals surface area contributed by atoms with Crippen LogP contribution in [0.15, 0.2) is 48.8 Å². The van der Waals surface area contributed by atoms with E-state index in [0.717, 1.165) is 24.1 Å². The zero-order valence-electron chi connectivity index (χ0n) is 15.7. The Morgan fingerprint density at radius 1 is 1.21 bits per heavy atom. The van der Waals surface area contributed by atoms with Gasteiger partial charge in [-0.1, -0.05) is 30.3 Å². The number of amides is 1. The number of piperidine rings is 1. The first-order chi connectivity index (χ1) is 13.7. The molecule has 1 saturated heterocycles. The molecule has 3 heterocycles. The first-order valence-electron chi connectivity index (χ1n) is 9.53. The summed E-state index contributed by atoms with van der Waals surface area (Å²) in [7, 11) is 0. The van der Waals surface area contributed by atoms with E-state index in [9.17, 15) is 9.59 Å². The van der Waals surface area contributed by atoms with Gasteiger partial charge in [0.1, 0.15) is 5.56 Å². The molecule has 4 rings (SSSR count). The van der Waals surface area contributed by atoms with Gasteiger partial charge in [-0.25, -0.2) is 9.50 Å². The third-order valence-electron chi connectivity index (χ3n) is 5.03. The van der Waals surface area contributed by atoms with Gasteiger partial charge in [0.15, 0.2) is 5.65 Å². The van der Waals surface area contributed by atoms with Crippen LogP contribution in [0.3, 0.4) is 0 Å². The average molecular weight is 378 g/mol. The molecule has 7 nitrogen and oxygen atoms in total. The Balaban J connectivity index is 1.63. The number of hydrogen-bond donors (Lipinski definition) is 0. The van der Waals surface area contributed by atoms with Crippen molar-refractivity contribution < 1.29 is 14.3 Å². The number of fused-ring (bicyclic) bond motifs is 1. The SMILES string of the molecule is CCOC(=O)[C@H]1CCCN(C(=O)c2cnn3c(-c4ccccc4)ccnc23)C1. The maximum absolute atomic E-state index is 13.1. The molecule has 28 heavy (non-hydrogen) atoms. The summed E-state index contributed by atoms with van der Waals surface area (Å²) >= 11 is 0. The van der Waals surface area contributed by atoms with E-state index in [2.05, 4.69) is 10.1 Å². The first-order valence-corrected chi connectivity index (χ1v) is 9.53. The maximum atomic E-state index is 13.1. The number of ether oxygens (including phenoxy) is 1. The summed E-state index contributed by atoms with van der Waals surface area (Å²) in [6.07, 6.45) is 4.77. The van der Waals surface area contributed by atoms with Crippen LogP contribution in [0.2, 0.25) is 0 Å². The molecule has 7 heteroatoms. The van der Waals surface area contributed by atoms with Crippen molar-refractivity contribution in [1.82, 2.24) is 19.5 Å². The summed E-state index contributed by atoms with van der Waals surface area (Å²) < 4.78 is 6.82. The maximum Gasteiger partial charge on any atom is 0.310 e. The van der Waals surface area contributed by atoms with Crippen LogP contribution in [0, 0.1) is 5.92 Å². The summed E-state index contributed by atoms with van der Waals surface area (Å²) in [6.45, 7) is 3.12. The minimum absolute atomic E-state index is 0.151. The van der Waals surface area contributed by atoms with Crippen LogP contribution in [0.1, 0.15) is 30.1 Å². The Bertz CT molecular complexity index is 999. The molecule has 144 valence electrons. The lowest BCUT2D eigenvalue weighted by Gasteiger charge is -2.31. The molecule has 1 amide bonds. The molecule has 2 aromatic heterocycles. The number of nitrogens with zero attached hydrogens (tertiary/aromatic N) is 4. The quantitative estimate of drug-likeness (QED) is 0.653. The Kier molecular flexibility index (Phi) is 5.06. The van der Waals surface area contributed by atoms with E-state index in [4.69, 9.17) is 4.74 Å². The third-order valence-corrected chi connectivity index (χ3v) is 5.03. The van der Waals surface area contributed by atoms with Gasteiger partial charge < -0.3 is 9.64 Å². The van der Waals surface area contributed by atoms with Crippen LogP contribution < -0.4 is 0 Å². The fraction of sp³-hybridized carbons (Fsp3) is 0.333. The second-order valence-electron chi connectivity index (χ2n) is 6.83. The molecular weight excluding hydrogens is 356 g/mol. The minimum Gasteiger partial charge on any atom is -0.466 e. The zero-order valence-corrected chi connectivity index (χ0v) is 15.7. The van der Waals surface area contributed by atoms with E-state index in [-0.39, 0.29) is 17.8 Å². The van der Waals surface area contributed by atoms with Crippen molar-refractivity contribution in [3.05, 3.63) is 54.4 Å². The molecule has 0 saturated carbocycles. The predicted molar refractivity (Wildman–Crippen MR) is 104 cm³/mol. The van der Waals surface area contributed by atoms with Gasteiger partial charge >= 0.3 is 5.97 Å². The van der Waals surface area contributed by atoms with Crippen LogP contribution in [0.5, 0.6) is 0 Å². The number of rotatable bonds is 4. The topological polar surface area (TPSA) is 76.8 Å². The fourth-order valence-corrected chi connectivity index (χ4v) is 3.65. The van der Waals surface area contributed by atoms with Gasteiger partial charge in [-0.3, -0.25) is 9.59 Å². The molecule has 0 bridgehead atoms. The van der Waals surface area contributed by atoms with Crippen molar-refractivity contribution >= 4 is 17.5 Å². The number of benzene rings is 1. The predicted octanol–water partition coefficient (Wildman–Crippen LogP) is 2.81. The number of aromatic nitrogens is 3. The molecule has 3 aromatic rings. The molecule has 1 atom stereocenters. The van der Waals surface area contributed by atoms with Crippen molar-refractivity contribution in [2.75, 3.05) is 19.7 Å². The van der Waals surface area contributed by atoms with Crippen LogP contribution in [0.4, 0.5) is 0 Å². The number of hydrogen-bond acceptors (Lipinski definition) is 5. The average Bonchev–Trinajstić information content (AvgIpc) is 3.18. The number of likely N-dealkylation sites (tertiary alicyclic amines) is 1. The van der Waals surface area contributed by atoms with Crippen molar-refractivity contribution in [3.8, 4) is 11.3 Å². The van der Waals surface area contributed by atoms with Crippen LogP contribution in [-0.2, 0) is 9.53 Å². The van der Waals surface area contributed by atoms with Gasteiger partial charge in [0.25, 0.3) is 5.91 Å². The van der Waals surface area contributed by atoms with Crippen molar-refractivity contribution in [3.63, 3.8) is 0 Å². The van der Waals surface area contributed by atoms with E-state index in [1.54, 1.807) is 28.7 Å². The van der Waals surface area contributed by atoms with Gasteiger partial charge in [-0.05, 0) is 25.8 Å². The normalized spacial score (nSPS) is 16.9. The second kappa shape index (κ2) is 7.80. The Labute approximate surface area is 162 Å². The van der Waals surface area contributed by atoms with E-state index in [0.29, 0.717) is 30.9 Å². The minimum atomic E-state index is -0.271. The summed E-state index contributed by atoms with van der Waals surface area (Å²) in [5.74, 6) is -0.654. The highest BCUT2D eigenvalue weighted by molar-refractivity contribution is 6.00. The molecule has 0 aliphatic carbocycles. The highest BCUT2D eigenvalue weighted by Gasteiger charge is 2.31. The summed E-state index contributed by atoms with van der Waals surface area (Å²) in [5, 5.41) is 4.41. The Hall–Kier alpha value is -3.22. The highest BCUT2D eigenvalue weighted by Crippen LogP contribution is 2.24. The summed E-state index contributed by atoms with van der Waals surface area (Å²) in [6, 6.07) is 11.7. The van der Waals surface area contributed by atoms with Gasteiger partial charge in [0, 0.05) is 24.8 Å². The number of carbonyl (C=O) groups excluding carboxylic acids is 2. The molecule has 0 unspecified atom stereocenters. The van der Waals surface area contributed by atoms with Crippen LogP contribution in [-0.4, -0.2) is 51.1 Å². The van der Waals surface area contributed by atoms with Gasteiger partial charge in [0.2, 0.25) is 0 Å². The zero-order chi connectivity index (χ0) is 19.5. The van der Waals surface area contributed by atoms with Gasteiger partial charge in [-0.15, -0.1) is 0 Å². The van der Waals surface area contributed by atoms with Crippen LogP contribution in [0.25, 0.3) is 16.9 Å². The summed E-state index contributed by atoms with van der Waals surface area (Å²) in [4.78, 5) is 31.3. The molecule has 0 spiro atoms. The van der Waals surface area contributed by atoms with Gasteiger partial charge in [0.05, 0.1) is 24.4 Å². The number of carbonyl (C=O) groups is 2. The third kappa shape index (κ3) is 3.35. The lowest BCUT2D eigenvalue weighted by Crippen LogP contribution is -2.42. The molecular formula is C21H22N4O3. The van der Waals surface area contributed by atoms with Crippen LogP contribution >= 0.6 is 0 Å². The molecule has 1 aliphatic heterocycles. The number of esters is 1. The van der Waals surface area contributed by atoms with E-state index < -0.39 is 0 Å². The highest BCUT2D eigenvalue weighted by atomic mass is 16.5. The smallest absolute Gasteiger partial charge is 0.310 e. The lowest BCUT2D eigenvalue weighted by atomic mass is 9.97. The van der Waals surface area contributed by atoms with E-state index in [1.165, 1.54) is 0 Å². The largest absolute Gasteiger partial charge is 0.466 e. The summed E-state index contributed by atoms with van der Waals surface area (Å²) in [5.41, 5.74) is 2.83. The fourth-order valence-electron chi connectivity index (χ4n) is 3.65. The molecule has 1 aromatic carbocycles. The molecule has 0 N–H and O–H groups in total. The molecule has 1 fully saturated rings. The monoisotopic (exact) mass is 378 g/mol. The lowest BCUT2D eigenvalue weighted by molar-refractivity contribution is -0.149. The molecule has 0 radical (unpaired) electrons. The second-order valence-corrected chi connectivity index (χ2v) is 6.83. The van der Waals surface area contributed by atoms with E-state index in [1.807, 2.05) is 36.4 Å². The van der Waals surface area contributed by atoms with Crippen molar-refractivity contribution in [2.24, 2.45) is 5.92 Å². The standard InChI is InChI=1S/C21H22N4O3/c1-2-28-21(27)16-9-6-12-24(14-16)20(26)17-13-23-25-18(10-11-22-19(17)25)15-7-4-3-5-8-15/h3-5,7-8,10-11,13,16H,2,6,9,12,14H2,1H3/t16-/m0/s1. The Morgan fingerprint density at radius 2 is 2.04 bits per heavy atom. The first kappa shape index (κ1) is 18.2. The van der Waals surface area contributed by atoms with Crippen molar-refractivity contribution in [2.45, 2.75) is 19.8 Å². The van der Waals surface area contributed by atoms with Crippen molar-refractivity contribution in [1.29, 1.82) is 0 Å². The van der Waals surface area contributed by atoms with Gasteiger partial charge in [-0.2, -0.15) is 5.10 Å². The molecule has 1 aliphatic rings. The van der Waals surface area contributed by atoms with E-state index >= 15 is 0 Å².